The SMILES string of the molecule is CC(C)C[C@@H](NC(=O)OC[C@@H]1O[C@@H]1[C@H](Cc1ccccc1)NC(=O)OCc1ccccc1)c1ccccc1. The van der Waals surface area contributed by atoms with Gasteiger partial charge in [0.15, 0.2) is 0 Å². The predicted octanol–water partition coefficient (Wildman–Crippen LogP) is 5.81. The molecule has 4 atom stereocenters. The summed E-state index contributed by atoms with van der Waals surface area (Å²) in [7, 11) is 0. The summed E-state index contributed by atoms with van der Waals surface area (Å²) in [5, 5.41) is 5.94. The smallest absolute Gasteiger partial charge is 0.407 e. The third kappa shape index (κ3) is 8.63. The first-order valence-electron chi connectivity index (χ1n) is 13.1. The van der Waals surface area contributed by atoms with Gasteiger partial charge in [-0.05, 0) is 35.4 Å². The molecule has 2 amide bonds. The molecule has 0 aliphatic carbocycles. The second-order valence-corrected chi connectivity index (χ2v) is 9.98. The molecule has 7 heteroatoms. The highest BCUT2D eigenvalue weighted by Gasteiger charge is 2.46. The lowest BCUT2D eigenvalue weighted by Crippen LogP contribution is -2.42. The normalized spacial score (nSPS) is 17.8. The molecule has 2 N–H and O–H groups in total. The number of ether oxygens (including phenoxy) is 3. The molecular weight excluding hydrogens is 480 g/mol. The molecule has 3 aromatic rings. The standard InChI is InChI=1S/C31H36N2O5/c1-22(2)18-26(25-16-10-5-11-17-25)32-30(34)37-21-28-29(38-28)27(19-23-12-6-3-7-13-23)33-31(35)36-20-24-14-8-4-9-15-24/h3-17,22,26-29H,18-21H2,1-2H3,(H,32,34)(H,33,35)/t26-,27+,28+,29-/m1/s1. The molecule has 0 radical (unpaired) electrons. The molecule has 1 heterocycles. The van der Waals surface area contributed by atoms with Gasteiger partial charge in [-0.1, -0.05) is 105 Å². The molecule has 0 unspecified atom stereocenters. The van der Waals surface area contributed by atoms with Crippen LogP contribution in [0.15, 0.2) is 91.0 Å². The van der Waals surface area contributed by atoms with Crippen molar-refractivity contribution in [1.29, 1.82) is 0 Å². The first kappa shape index (κ1) is 27.2. The molecule has 0 saturated carbocycles. The number of nitrogens with one attached hydrogen (secondary N) is 2. The van der Waals surface area contributed by atoms with Crippen molar-refractivity contribution in [1.82, 2.24) is 10.6 Å². The highest BCUT2D eigenvalue weighted by Crippen LogP contribution is 2.28. The fourth-order valence-corrected chi connectivity index (χ4v) is 4.45. The first-order valence-corrected chi connectivity index (χ1v) is 13.1. The van der Waals surface area contributed by atoms with Gasteiger partial charge in [-0.15, -0.1) is 0 Å². The number of benzene rings is 3. The van der Waals surface area contributed by atoms with Crippen molar-refractivity contribution in [2.24, 2.45) is 5.92 Å². The number of amides is 2. The second kappa shape index (κ2) is 13.6. The Labute approximate surface area is 224 Å². The van der Waals surface area contributed by atoms with Gasteiger partial charge in [-0.2, -0.15) is 0 Å². The summed E-state index contributed by atoms with van der Waals surface area (Å²) >= 11 is 0. The summed E-state index contributed by atoms with van der Waals surface area (Å²) in [4.78, 5) is 25.2. The fourth-order valence-electron chi connectivity index (χ4n) is 4.45. The monoisotopic (exact) mass is 516 g/mol. The highest BCUT2D eigenvalue weighted by molar-refractivity contribution is 5.68. The van der Waals surface area contributed by atoms with Crippen molar-refractivity contribution < 1.29 is 23.8 Å². The van der Waals surface area contributed by atoms with E-state index in [1.807, 2.05) is 91.0 Å². The average molecular weight is 517 g/mol. The van der Waals surface area contributed by atoms with Crippen LogP contribution < -0.4 is 10.6 Å². The lowest BCUT2D eigenvalue weighted by atomic mass is 9.97. The average Bonchev–Trinajstić information content (AvgIpc) is 3.71. The van der Waals surface area contributed by atoms with Crippen LogP contribution in [0.2, 0.25) is 0 Å². The van der Waals surface area contributed by atoms with E-state index in [1.165, 1.54) is 0 Å². The molecule has 1 aliphatic rings. The maximum atomic E-state index is 12.6. The zero-order chi connectivity index (χ0) is 26.7. The number of hydrogen-bond acceptors (Lipinski definition) is 5. The Morgan fingerprint density at radius 3 is 2.00 bits per heavy atom. The largest absolute Gasteiger partial charge is 0.447 e. The van der Waals surface area contributed by atoms with Gasteiger partial charge in [0.2, 0.25) is 0 Å². The summed E-state index contributed by atoms with van der Waals surface area (Å²) in [5.74, 6) is 0.406. The van der Waals surface area contributed by atoms with Crippen LogP contribution in [0.1, 0.15) is 43.0 Å². The van der Waals surface area contributed by atoms with Crippen LogP contribution in [-0.2, 0) is 27.2 Å². The van der Waals surface area contributed by atoms with Crippen molar-refractivity contribution in [2.45, 2.75) is 57.6 Å². The maximum Gasteiger partial charge on any atom is 0.407 e. The second-order valence-electron chi connectivity index (χ2n) is 9.98. The van der Waals surface area contributed by atoms with Crippen molar-refractivity contribution in [3.05, 3.63) is 108 Å². The summed E-state index contributed by atoms with van der Waals surface area (Å²) in [6, 6.07) is 28.8. The summed E-state index contributed by atoms with van der Waals surface area (Å²) < 4.78 is 16.8. The van der Waals surface area contributed by atoms with E-state index in [-0.39, 0.29) is 37.5 Å². The minimum absolute atomic E-state index is 0.103. The van der Waals surface area contributed by atoms with E-state index in [9.17, 15) is 9.59 Å². The van der Waals surface area contributed by atoms with E-state index in [0.717, 1.165) is 23.1 Å². The minimum Gasteiger partial charge on any atom is -0.447 e. The van der Waals surface area contributed by atoms with Crippen molar-refractivity contribution in [3.8, 4) is 0 Å². The van der Waals surface area contributed by atoms with Crippen molar-refractivity contribution in [2.75, 3.05) is 6.61 Å². The Morgan fingerprint density at radius 2 is 1.37 bits per heavy atom. The maximum absolute atomic E-state index is 12.6. The number of hydrogen-bond donors (Lipinski definition) is 2. The molecule has 1 aliphatic heterocycles. The van der Waals surface area contributed by atoms with Crippen LogP contribution in [0.4, 0.5) is 9.59 Å². The molecular formula is C31H36N2O5. The van der Waals surface area contributed by atoms with E-state index < -0.39 is 12.2 Å². The van der Waals surface area contributed by atoms with Gasteiger partial charge in [-0.25, -0.2) is 9.59 Å². The van der Waals surface area contributed by atoms with Gasteiger partial charge in [0.05, 0.1) is 12.1 Å². The van der Waals surface area contributed by atoms with Crippen LogP contribution in [0.25, 0.3) is 0 Å². The Balaban J connectivity index is 1.30. The third-order valence-corrected chi connectivity index (χ3v) is 6.41. The van der Waals surface area contributed by atoms with E-state index >= 15 is 0 Å². The van der Waals surface area contributed by atoms with Crippen molar-refractivity contribution in [3.63, 3.8) is 0 Å². The summed E-state index contributed by atoms with van der Waals surface area (Å²) in [6.07, 6.45) is -0.211. The van der Waals surface area contributed by atoms with E-state index in [0.29, 0.717) is 12.3 Å². The molecule has 3 aromatic carbocycles. The van der Waals surface area contributed by atoms with Gasteiger partial charge in [0, 0.05) is 0 Å². The van der Waals surface area contributed by atoms with Gasteiger partial charge in [0.1, 0.15) is 25.4 Å². The van der Waals surface area contributed by atoms with E-state index in [1.54, 1.807) is 0 Å². The number of rotatable bonds is 12. The fraction of sp³-hybridized carbons (Fsp3) is 0.355. The molecule has 0 bridgehead atoms. The number of carbonyl (C=O) groups excluding carboxylic acids is 2. The van der Waals surface area contributed by atoms with Crippen LogP contribution >= 0.6 is 0 Å². The Kier molecular flexibility index (Phi) is 9.76. The lowest BCUT2D eigenvalue weighted by molar-refractivity contribution is 0.131. The molecule has 1 saturated heterocycles. The molecule has 200 valence electrons. The van der Waals surface area contributed by atoms with Gasteiger partial charge in [0.25, 0.3) is 0 Å². The van der Waals surface area contributed by atoms with Gasteiger partial charge in [-0.3, -0.25) is 0 Å². The molecule has 7 nitrogen and oxygen atoms in total. The zero-order valence-corrected chi connectivity index (χ0v) is 21.9. The minimum atomic E-state index is -0.512. The van der Waals surface area contributed by atoms with Crippen LogP contribution in [0, 0.1) is 5.92 Å². The lowest BCUT2D eigenvalue weighted by Gasteiger charge is -2.21. The topological polar surface area (TPSA) is 89.2 Å². The molecule has 1 fully saturated rings. The van der Waals surface area contributed by atoms with Crippen LogP contribution in [-0.4, -0.2) is 37.0 Å². The molecule has 4 rings (SSSR count). The van der Waals surface area contributed by atoms with Crippen LogP contribution in [0.5, 0.6) is 0 Å². The highest BCUT2D eigenvalue weighted by atomic mass is 16.6. The molecule has 0 spiro atoms. The molecule has 38 heavy (non-hydrogen) atoms. The molecule has 0 aromatic heterocycles. The number of alkyl carbamates (subject to hydrolysis) is 2. The van der Waals surface area contributed by atoms with Gasteiger partial charge < -0.3 is 24.8 Å². The van der Waals surface area contributed by atoms with Crippen molar-refractivity contribution >= 4 is 12.2 Å². The zero-order valence-electron chi connectivity index (χ0n) is 21.9. The van der Waals surface area contributed by atoms with Gasteiger partial charge >= 0.3 is 12.2 Å². The Bertz CT molecular complexity index is 1140. The number of epoxide rings is 1. The summed E-state index contributed by atoms with van der Waals surface area (Å²) in [6.45, 7) is 4.53. The van der Waals surface area contributed by atoms with E-state index in [4.69, 9.17) is 14.2 Å². The quantitative estimate of drug-likeness (QED) is 0.297. The Morgan fingerprint density at radius 1 is 0.789 bits per heavy atom. The van der Waals surface area contributed by atoms with E-state index in [2.05, 4.69) is 24.5 Å². The number of carbonyl (C=O) groups is 2. The Hall–Kier alpha value is -3.84. The first-order chi connectivity index (χ1) is 18.5. The van der Waals surface area contributed by atoms with Crippen LogP contribution in [0.3, 0.4) is 0 Å². The predicted molar refractivity (Wildman–Crippen MR) is 145 cm³/mol. The summed E-state index contributed by atoms with van der Waals surface area (Å²) in [5.41, 5.74) is 3.02. The third-order valence-electron chi connectivity index (χ3n) is 6.41.